The van der Waals surface area contributed by atoms with Crippen LogP contribution in [0.5, 0.6) is 0 Å². The summed E-state index contributed by atoms with van der Waals surface area (Å²) in [5, 5.41) is 14.4. The molecule has 0 fully saturated rings. The van der Waals surface area contributed by atoms with E-state index in [1.54, 1.807) is 13.0 Å². The molecule has 4 nitrogen and oxygen atoms in total. The van der Waals surface area contributed by atoms with Gasteiger partial charge in [-0.05, 0) is 43.9 Å². The van der Waals surface area contributed by atoms with Gasteiger partial charge in [-0.1, -0.05) is 19.1 Å². The first-order valence-electron chi connectivity index (χ1n) is 6.43. The topological polar surface area (TPSA) is 55.2 Å². The molecule has 1 aromatic carbocycles. The third-order valence-corrected chi connectivity index (χ3v) is 4.06. The van der Waals surface area contributed by atoms with E-state index in [4.69, 9.17) is 0 Å². The fraction of sp³-hybridized carbons (Fsp3) is 0.571. The molecule has 1 rings (SSSR count). The number of hydrogen-bond donors (Lipinski definition) is 1. The second-order valence-corrected chi connectivity index (χ2v) is 5.90. The number of aryl methyl sites for hydroxylation is 1. The highest BCUT2D eigenvalue weighted by molar-refractivity contribution is 7.98. The highest BCUT2D eigenvalue weighted by Crippen LogP contribution is 2.23. The van der Waals surface area contributed by atoms with Gasteiger partial charge in [0.15, 0.2) is 0 Å². The summed E-state index contributed by atoms with van der Waals surface area (Å²) in [6, 6.07) is 5.58. The number of nitrogens with zero attached hydrogens (tertiary/aromatic N) is 1. The number of thioether (sulfide) groups is 1. The minimum absolute atomic E-state index is 0.128. The molecule has 0 spiro atoms. The van der Waals surface area contributed by atoms with Gasteiger partial charge in [0, 0.05) is 17.7 Å². The van der Waals surface area contributed by atoms with Crippen LogP contribution in [0, 0.1) is 23.0 Å². The van der Waals surface area contributed by atoms with Crippen molar-refractivity contribution in [3.05, 3.63) is 39.4 Å². The van der Waals surface area contributed by atoms with Crippen molar-refractivity contribution in [3.63, 3.8) is 0 Å². The number of benzene rings is 1. The lowest BCUT2D eigenvalue weighted by Crippen LogP contribution is -2.25. The van der Waals surface area contributed by atoms with E-state index < -0.39 is 0 Å². The zero-order chi connectivity index (χ0) is 14.4. The van der Waals surface area contributed by atoms with E-state index in [1.165, 1.54) is 0 Å². The van der Waals surface area contributed by atoms with Crippen molar-refractivity contribution in [2.75, 3.05) is 18.6 Å². The Kier molecular flexibility index (Phi) is 6.31. The number of nitrogens with one attached hydrogen (secondary N) is 1. The van der Waals surface area contributed by atoms with Gasteiger partial charge >= 0.3 is 0 Å². The smallest absolute Gasteiger partial charge is 0.272 e. The largest absolute Gasteiger partial charge is 0.310 e. The standard InChI is InChI=1S/C14H22N2O2S/c1-10(9-19-4)8-15-12(3)13-6-5-11(2)14(7-13)16(17)18/h5-7,10,12,15H,8-9H2,1-4H3. The van der Waals surface area contributed by atoms with E-state index in [1.807, 2.05) is 30.8 Å². The molecule has 0 bridgehead atoms. The maximum atomic E-state index is 10.9. The molecule has 2 atom stereocenters. The molecular weight excluding hydrogens is 260 g/mol. The van der Waals surface area contributed by atoms with Crippen LogP contribution in [0.2, 0.25) is 0 Å². The van der Waals surface area contributed by atoms with Crippen molar-refractivity contribution in [2.45, 2.75) is 26.8 Å². The third-order valence-electron chi connectivity index (χ3n) is 3.15. The summed E-state index contributed by atoms with van der Waals surface area (Å²) in [5.74, 6) is 1.71. The second-order valence-electron chi connectivity index (χ2n) is 4.99. The van der Waals surface area contributed by atoms with Crippen molar-refractivity contribution < 1.29 is 4.92 Å². The first-order valence-corrected chi connectivity index (χ1v) is 7.82. The van der Waals surface area contributed by atoms with E-state index in [9.17, 15) is 10.1 Å². The average Bonchev–Trinajstić information content (AvgIpc) is 2.36. The zero-order valence-electron chi connectivity index (χ0n) is 12.0. The van der Waals surface area contributed by atoms with Gasteiger partial charge in [0.05, 0.1) is 4.92 Å². The Morgan fingerprint density at radius 1 is 1.42 bits per heavy atom. The molecule has 5 heteroatoms. The van der Waals surface area contributed by atoms with Crippen LogP contribution >= 0.6 is 11.8 Å². The molecule has 0 aromatic heterocycles. The monoisotopic (exact) mass is 282 g/mol. The van der Waals surface area contributed by atoms with Crippen LogP contribution in [0.1, 0.15) is 31.0 Å². The fourth-order valence-electron chi connectivity index (χ4n) is 1.93. The Labute approximate surface area is 119 Å². The van der Waals surface area contributed by atoms with E-state index in [-0.39, 0.29) is 16.7 Å². The minimum Gasteiger partial charge on any atom is -0.310 e. The Morgan fingerprint density at radius 2 is 2.11 bits per heavy atom. The second kappa shape index (κ2) is 7.50. The Morgan fingerprint density at radius 3 is 2.68 bits per heavy atom. The molecule has 0 heterocycles. The highest BCUT2D eigenvalue weighted by atomic mass is 32.2. The number of hydrogen-bond acceptors (Lipinski definition) is 4. The van der Waals surface area contributed by atoms with Crippen LogP contribution in [0.4, 0.5) is 5.69 Å². The lowest BCUT2D eigenvalue weighted by molar-refractivity contribution is -0.385. The summed E-state index contributed by atoms with van der Waals surface area (Å²) in [4.78, 5) is 10.6. The summed E-state index contributed by atoms with van der Waals surface area (Å²) in [6.45, 7) is 6.93. The van der Waals surface area contributed by atoms with Crippen molar-refractivity contribution in [1.82, 2.24) is 5.32 Å². The predicted octanol–water partition coefficient (Wildman–Crippen LogP) is 3.55. The van der Waals surface area contributed by atoms with Crippen molar-refractivity contribution in [1.29, 1.82) is 0 Å². The van der Waals surface area contributed by atoms with Crippen LogP contribution in [0.25, 0.3) is 0 Å². The van der Waals surface area contributed by atoms with Gasteiger partial charge in [-0.25, -0.2) is 0 Å². The number of rotatable bonds is 7. The Hall–Kier alpha value is -1.07. The predicted molar refractivity (Wildman–Crippen MR) is 81.8 cm³/mol. The van der Waals surface area contributed by atoms with Crippen LogP contribution in [0.3, 0.4) is 0 Å². The van der Waals surface area contributed by atoms with E-state index in [2.05, 4.69) is 18.5 Å². The number of nitro groups is 1. The molecule has 0 radical (unpaired) electrons. The molecule has 0 amide bonds. The molecule has 1 N–H and O–H groups in total. The van der Waals surface area contributed by atoms with Crippen LogP contribution in [-0.4, -0.2) is 23.5 Å². The molecule has 0 aliphatic carbocycles. The quantitative estimate of drug-likeness (QED) is 0.614. The van der Waals surface area contributed by atoms with Gasteiger partial charge in [-0.3, -0.25) is 10.1 Å². The number of nitro benzene ring substituents is 1. The lowest BCUT2D eigenvalue weighted by Gasteiger charge is -2.17. The average molecular weight is 282 g/mol. The van der Waals surface area contributed by atoms with Gasteiger partial charge in [0.1, 0.15) is 0 Å². The first kappa shape index (κ1) is 16.0. The Balaban J connectivity index is 2.69. The Bertz CT molecular complexity index is 437. The van der Waals surface area contributed by atoms with Crippen molar-refractivity contribution in [3.8, 4) is 0 Å². The lowest BCUT2D eigenvalue weighted by atomic mass is 10.0. The van der Waals surface area contributed by atoms with Crippen LogP contribution < -0.4 is 5.32 Å². The molecule has 19 heavy (non-hydrogen) atoms. The van der Waals surface area contributed by atoms with Gasteiger partial charge in [0.2, 0.25) is 0 Å². The highest BCUT2D eigenvalue weighted by Gasteiger charge is 2.14. The summed E-state index contributed by atoms with van der Waals surface area (Å²) in [7, 11) is 0. The molecule has 0 aliphatic heterocycles. The first-order chi connectivity index (χ1) is 8.95. The van der Waals surface area contributed by atoms with Crippen LogP contribution in [-0.2, 0) is 0 Å². The minimum atomic E-state index is -0.318. The van der Waals surface area contributed by atoms with Gasteiger partial charge in [-0.15, -0.1) is 0 Å². The fourth-order valence-corrected chi connectivity index (χ4v) is 2.62. The van der Waals surface area contributed by atoms with Crippen molar-refractivity contribution in [2.24, 2.45) is 5.92 Å². The molecule has 106 valence electrons. The summed E-state index contributed by atoms with van der Waals surface area (Å²) < 4.78 is 0. The van der Waals surface area contributed by atoms with Crippen molar-refractivity contribution >= 4 is 17.4 Å². The van der Waals surface area contributed by atoms with Gasteiger partial charge in [0.25, 0.3) is 5.69 Å². The normalized spacial score (nSPS) is 14.1. The maximum Gasteiger partial charge on any atom is 0.272 e. The molecule has 0 aliphatic rings. The summed E-state index contributed by atoms with van der Waals surface area (Å²) in [6.07, 6.45) is 2.10. The third kappa shape index (κ3) is 4.84. The summed E-state index contributed by atoms with van der Waals surface area (Å²) >= 11 is 1.84. The SMILES string of the molecule is CSCC(C)CNC(C)c1ccc(C)c([N+](=O)[O-])c1. The zero-order valence-corrected chi connectivity index (χ0v) is 12.8. The van der Waals surface area contributed by atoms with E-state index >= 15 is 0 Å². The van der Waals surface area contributed by atoms with Crippen LogP contribution in [0.15, 0.2) is 18.2 Å². The molecule has 0 saturated heterocycles. The molecule has 1 aromatic rings. The molecule has 2 unspecified atom stereocenters. The molecule has 0 saturated carbocycles. The van der Waals surface area contributed by atoms with Gasteiger partial charge < -0.3 is 5.32 Å². The van der Waals surface area contributed by atoms with Gasteiger partial charge in [-0.2, -0.15) is 11.8 Å². The van der Waals surface area contributed by atoms with E-state index in [0.29, 0.717) is 11.5 Å². The van der Waals surface area contributed by atoms with E-state index in [0.717, 1.165) is 17.9 Å². The molecular formula is C14H22N2O2S. The maximum absolute atomic E-state index is 10.9. The summed E-state index contributed by atoms with van der Waals surface area (Å²) in [5.41, 5.74) is 1.87.